The van der Waals surface area contributed by atoms with Gasteiger partial charge in [-0.25, -0.2) is 13.6 Å². The van der Waals surface area contributed by atoms with Gasteiger partial charge in [-0.15, -0.1) is 0 Å². The number of hydrogen-bond acceptors (Lipinski definition) is 2. The zero-order valence-electron chi connectivity index (χ0n) is 11.1. The maximum Gasteiger partial charge on any atom is 0.323 e. The number of anilines is 2. The number of aliphatic hydroxyl groups is 1. The number of carbonyl (C=O) groups is 1. The van der Waals surface area contributed by atoms with Crippen LogP contribution in [-0.2, 0) is 6.42 Å². The van der Waals surface area contributed by atoms with Crippen LogP contribution in [0.4, 0.5) is 25.0 Å². The molecule has 0 aliphatic rings. The molecule has 0 saturated carbocycles. The van der Waals surface area contributed by atoms with Crippen molar-refractivity contribution in [1.82, 2.24) is 0 Å². The standard InChI is InChI=1S/C15H14F2N2O2/c16-11-5-3-7-13(14(11)17)19-15(21)18-12-6-2-1-4-10(12)8-9-20/h1-7,20H,8-9H2,(H2,18,19,21). The van der Waals surface area contributed by atoms with Crippen LogP contribution < -0.4 is 10.6 Å². The van der Waals surface area contributed by atoms with Crippen LogP contribution in [0.5, 0.6) is 0 Å². The first-order chi connectivity index (χ1) is 10.1. The van der Waals surface area contributed by atoms with Gasteiger partial charge >= 0.3 is 6.03 Å². The summed E-state index contributed by atoms with van der Waals surface area (Å²) in [6.07, 6.45) is 0.380. The van der Waals surface area contributed by atoms with Crippen molar-refractivity contribution in [2.45, 2.75) is 6.42 Å². The van der Waals surface area contributed by atoms with Crippen molar-refractivity contribution in [3.63, 3.8) is 0 Å². The molecular formula is C15H14F2N2O2. The van der Waals surface area contributed by atoms with Crippen LogP contribution in [0.3, 0.4) is 0 Å². The van der Waals surface area contributed by atoms with Gasteiger partial charge < -0.3 is 15.7 Å². The van der Waals surface area contributed by atoms with Crippen molar-refractivity contribution in [3.05, 3.63) is 59.7 Å². The highest BCUT2D eigenvalue weighted by atomic mass is 19.2. The molecule has 0 radical (unpaired) electrons. The summed E-state index contributed by atoms with van der Waals surface area (Å²) in [5, 5.41) is 13.7. The average Bonchev–Trinajstić information content (AvgIpc) is 2.46. The lowest BCUT2D eigenvalue weighted by Gasteiger charge is -2.11. The summed E-state index contributed by atoms with van der Waals surface area (Å²) in [5.74, 6) is -2.15. The molecule has 0 spiro atoms. The Bertz CT molecular complexity index is 647. The van der Waals surface area contributed by atoms with Crippen molar-refractivity contribution in [2.24, 2.45) is 0 Å². The van der Waals surface area contributed by atoms with Crippen LogP contribution in [0.25, 0.3) is 0 Å². The van der Waals surface area contributed by atoms with Crippen molar-refractivity contribution in [1.29, 1.82) is 0 Å². The number of benzene rings is 2. The minimum absolute atomic E-state index is 0.0567. The molecule has 21 heavy (non-hydrogen) atoms. The van der Waals surface area contributed by atoms with Crippen LogP contribution in [0.15, 0.2) is 42.5 Å². The van der Waals surface area contributed by atoms with Gasteiger partial charge in [-0.05, 0) is 30.2 Å². The Morgan fingerprint density at radius 1 is 1.00 bits per heavy atom. The lowest BCUT2D eigenvalue weighted by molar-refractivity contribution is 0.262. The third-order valence-corrected chi connectivity index (χ3v) is 2.85. The molecule has 0 fully saturated rings. The second-order valence-corrected chi connectivity index (χ2v) is 4.31. The molecule has 3 N–H and O–H groups in total. The van der Waals surface area contributed by atoms with Crippen molar-refractivity contribution >= 4 is 17.4 Å². The normalized spacial score (nSPS) is 10.2. The minimum atomic E-state index is -1.11. The van der Waals surface area contributed by atoms with Crippen LogP contribution in [0.2, 0.25) is 0 Å². The number of hydrogen-bond donors (Lipinski definition) is 3. The quantitative estimate of drug-likeness (QED) is 0.810. The van der Waals surface area contributed by atoms with E-state index in [0.29, 0.717) is 12.1 Å². The van der Waals surface area contributed by atoms with Gasteiger partial charge in [0.2, 0.25) is 0 Å². The first-order valence-electron chi connectivity index (χ1n) is 6.32. The minimum Gasteiger partial charge on any atom is -0.396 e. The first-order valence-corrected chi connectivity index (χ1v) is 6.32. The fourth-order valence-corrected chi connectivity index (χ4v) is 1.86. The highest BCUT2D eigenvalue weighted by Crippen LogP contribution is 2.18. The molecule has 0 atom stereocenters. The van der Waals surface area contributed by atoms with Gasteiger partial charge in [0.25, 0.3) is 0 Å². The topological polar surface area (TPSA) is 61.4 Å². The van der Waals surface area contributed by atoms with Crippen LogP contribution in [0, 0.1) is 11.6 Å². The summed E-state index contributed by atoms with van der Waals surface area (Å²) in [5.41, 5.74) is 1.00. The summed E-state index contributed by atoms with van der Waals surface area (Å²) >= 11 is 0. The van der Waals surface area contributed by atoms with Gasteiger partial charge in [0, 0.05) is 12.3 Å². The number of amides is 2. The summed E-state index contributed by atoms with van der Waals surface area (Å²) in [7, 11) is 0. The molecule has 0 bridgehead atoms. The molecule has 0 aromatic heterocycles. The number of nitrogens with one attached hydrogen (secondary N) is 2. The fraction of sp³-hybridized carbons (Fsp3) is 0.133. The molecule has 0 aliphatic heterocycles. The summed E-state index contributed by atoms with van der Waals surface area (Å²) in [4.78, 5) is 11.8. The maximum atomic E-state index is 13.5. The Morgan fingerprint density at radius 3 is 2.43 bits per heavy atom. The van der Waals surface area contributed by atoms with E-state index < -0.39 is 17.7 Å². The summed E-state index contributed by atoms with van der Waals surface area (Å²) < 4.78 is 26.5. The number of halogens is 2. The van der Waals surface area contributed by atoms with Crippen LogP contribution in [-0.4, -0.2) is 17.7 Å². The lowest BCUT2D eigenvalue weighted by atomic mass is 10.1. The molecule has 0 saturated heterocycles. The van der Waals surface area contributed by atoms with Gasteiger partial charge in [-0.1, -0.05) is 24.3 Å². The van der Waals surface area contributed by atoms with E-state index in [1.165, 1.54) is 12.1 Å². The largest absolute Gasteiger partial charge is 0.396 e. The Labute approximate surface area is 120 Å². The molecule has 2 aromatic rings. The molecule has 110 valence electrons. The Morgan fingerprint density at radius 2 is 1.67 bits per heavy atom. The van der Waals surface area contributed by atoms with E-state index in [-0.39, 0.29) is 12.3 Å². The predicted molar refractivity (Wildman–Crippen MR) is 76.2 cm³/mol. The Hall–Kier alpha value is -2.47. The number of urea groups is 1. The van der Waals surface area contributed by atoms with E-state index in [1.807, 2.05) is 0 Å². The highest BCUT2D eigenvalue weighted by Gasteiger charge is 2.11. The molecule has 2 rings (SSSR count). The number of carbonyl (C=O) groups excluding carboxylic acids is 1. The zero-order valence-corrected chi connectivity index (χ0v) is 11.1. The zero-order chi connectivity index (χ0) is 15.2. The molecule has 2 aromatic carbocycles. The highest BCUT2D eigenvalue weighted by molar-refractivity contribution is 6.00. The van der Waals surface area contributed by atoms with E-state index in [1.54, 1.807) is 24.3 Å². The first kappa shape index (κ1) is 14.9. The fourth-order valence-electron chi connectivity index (χ4n) is 1.86. The molecule has 0 heterocycles. The van der Waals surface area contributed by atoms with Gasteiger partial charge in [0.1, 0.15) is 0 Å². The van der Waals surface area contributed by atoms with Gasteiger partial charge in [-0.2, -0.15) is 0 Å². The second kappa shape index (κ2) is 6.81. The Kier molecular flexibility index (Phi) is 4.84. The summed E-state index contributed by atoms with van der Waals surface area (Å²) in [6, 6.07) is 9.76. The van der Waals surface area contributed by atoms with E-state index in [2.05, 4.69) is 10.6 Å². The molecule has 0 aliphatic carbocycles. The van der Waals surface area contributed by atoms with Crippen molar-refractivity contribution < 1.29 is 18.7 Å². The molecular weight excluding hydrogens is 278 g/mol. The number of rotatable bonds is 4. The molecule has 4 nitrogen and oxygen atoms in total. The maximum absolute atomic E-state index is 13.5. The Balaban J connectivity index is 2.10. The van der Waals surface area contributed by atoms with Gasteiger partial charge in [0.05, 0.1) is 5.69 Å². The van der Waals surface area contributed by atoms with E-state index in [4.69, 9.17) is 5.11 Å². The third kappa shape index (κ3) is 3.76. The summed E-state index contributed by atoms with van der Waals surface area (Å²) in [6.45, 7) is -0.0567. The smallest absolute Gasteiger partial charge is 0.323 e. The monoisotopic (exact) mass is 292 g/mol. The molecule has 0 unspecified atom stereocenters. The SMILES string of the molecule is O=C(Nc1ccccc1CCO)Nc1cccc(F)c1F. The molecule has 6 heteroatoms. The second-order valence-electron chi connectivity index (χ2n) is 4.31. The van der Waals surface area contributed by atoms with Gasteiger partial charge in [-0.3, -0.25) is 0 Å². The van der Waals surface area contributed by atoms with Crippen molar-refractivity contribution in [2.75, 3.05) is 17.2 Å². The van der Waals surface area contributed by atoms with E-state index in [0.717, 1.165) is 11.6 Å². The van der Waals surface area contributed by atoms with E-state index >= 15 is 0 Å². The third-order valence-electron chi connectivity index (χ3n) is 2.85. The van der Waals surface area contributed by atoms with Gasteiger partial charge in [0.15, 0.2) is 11.6 Å². The van der Waals surface area contributed by atoms with Crippen molar-refractivity contribution in [3.8, 4) is 0 Å². The van der Waals surface area contributed by atoms with E-state index in [9.17, 15) is 13.6 Å². The number of para-hydroxylation sites is 1. The van der Waals surface area contributed by atoms with Crippen LogP contribution >= 0.6 is 0 Å². The lowest BCUT2D eigenvalue weighted by Crippen LogP contribution is -2.21. The predicted octanol–water partition coefficient (Wildman–Crippen LogP) is 3.14. The molecule has 2 amide bonds. The van der Waals surface area contributed by atoms with Crippen LogP contribution in [0.1, 0.15) is 5.56 Å². The number of aliphatic hydroxyl groups excluding tert-OH is 1. The average molecular weight is 292 g/mol.